The maximum Gasteiger partial charge on any atom is 0.331 e. The van der Waals surface area contributed by atoms with Gasteiger partial charge in [-0.3, -0.25) is 4.79 Å². The van der Waals surface area contributed by atoms with Crippen molar-refractivity contribution in [3.05, 3.63) is 34.9 Å². The molecule has 0 aromatic rings. The van der Waals surface area contributed by atoms with E-state index in [2.05, 4.69) is 53.7 Å². The van der Waals surface area contributed by atoms with Gasteiger partial charge >= 0.3 is 5.97 Å². The van der Waals surface area contributed by atoms with Crippen LogP contribution < -0.4 is 0 Å². The third kappa shape index (κ3) is 3.63. The first-order valence-corrected chi connectivity index (χ1v) is 13.3. The largest absolute Gasteiger partial charge is 0.478 e. The van der Waals surface area contributed by atoms with Crippen LogP contribution in [0.3, 0.4) is 0 Å². The van der Waals surface area contributed by atoms with Crippen LogP contribution in [-0.4, -0.2) is 39.3 Å². The lowest BCUT2D eigenvalue weighted by Gasteiger charge is -2.60. The van der Waals surface area contributed by atoms with Crippen LogP contribution in [0.25, 0.3) is 0 Å². The van der Waals surface area contributed by atoms with Crippen LogP contribution in [0.4, 0.5) is 0 Å². The van der Waals surface area contributed by atoms with Gasteiger partial charge in [0.1, 0.15) is 5.78 Å². The molecule has 0 radical (unpaired) electrons. The van der Waals surface area contributed by atoms with Gasteiger partial charge in [-0.15, -0.1) is 0 Å². The molecule has 0 amide bonds. The molecule has 0 bridgehead atoms. The lowest BCUT2D eigenvalue weighted by atomic mass is 9.44. The first kappa shape index (κ1) is 26.3. The summed E-state index contributed by atoms with van der Waals surface area (Å²) < 4.78 is 0. The van der Waals surface area contributed by atoms with Crippen molar-refractivity contribution in [3.63, 3.8) is 0 Å². The summed E-state index contributed by atoms with van der Waals surface area (Å²) in [5, 5.41) is 31.3. The van der Waals surface area contributed by atoms with Gasteiger partial charge in [0.15, 0.2) is 0 Å². The zero-order valence-electron chi connectivity index (χ0n) is 22.5. The number of aliphatic hydroxyl groups is 2. The highest BCUT2D eigenvalue weighted by Gasteiger charge is 2.66. The van der Waals surface area contributed by atoms with Crippen LogP contribution in [-0.2, 0) is 9.59 Å². The minimum Gasteiger partial charge on any atom is -0.478 e. The van der Waals surface area contributed by atoms with Gasteiger partial charge in [0, 0.05) is 22.8 Å². The van der Waals surface area contributed by atoms with E-state index in [4.69, 9.17) is 5.11 Å². The van der Waals surface area contributed by atoms with Crippen LogP contribution in [0.2, 0.25) is 0 Å². The number of carboxylic acids is 1. The fourth-order valence-electron chi connectivity index (χ4n) is 8.73. The van der Waals surface area contributed by atoms with E-state index in [9.17, 15) is 19.8 Å². The van der Waals surface area contributed by atoms with Crippen molar-refractivity contribution in [1.29, 1.82) is 0 Å². The Hall–Kier alpha value is -1.72. The first-order chi connectivity index (χ1) is 16.1. The Morgan fingerprint density at radius 2 is 1.83 bits per heavy atom. The predicted octanol–water partition coefficient (Wildman–Crippen LogP) is 5.47. The monoisotopic (exact) mass is 484 g/mol. The standard InChI is InChI=1S/C30H44O5/c1-17(14-19(31)15-18(2)26(34)35)22-16-25(33)30(7)21-8-9-23-27(3,4)24(32)11-12-28(23,5)20(21)10-13-29(22,30)6/h8,10,15,17,19,22-23,25,31,33H,9,11-14,16H2,1-7H3,(H,34,35)/b18-15-/t17-,19+,22-,23-,25+,28-,29-,30-/m1/s1. The number of rotatable bonds is 5. The molecule has 0 aliphatic heterocycles. The Morgan fingerprint density at radius 1 is 1.17 bits per heavy atom. The number of carbonyl (C=O) groups is 2. The first-order valence-electron chi connectivity index (χ1n) is 13.3. The van der Waals surface area contributed by atoms with E-state index in [1.54, 1.807) is 0 Å². The van der Waals surface area contributed by atoms with Gasteiger partial charge in [-0.1, -0.05) is 53.7 Å². The molecule has 4 rings (SSSR count). The van der Waals surface area contributed by atoms with Crippen molar-refractivity contribution in [1.82, 2.24) is 0 Å². The topological polar surface area (TPSA) is 94.8 Å². The van der Waals surface area contributed by atoms with Gasteiger partial charge in [0.2, 0.25) is 0 Å². The molecular weight excluding hydrogens is 440 g/mol. The molecule has 0 aromatic heterocycles. The zero-order valence-corrected chi connectivity index (χ0v) is 22.5. The van der Waals surface area contributed by atoms with Gasteiger partial charge in [0.05, 0.1) is 12.2 Å². The lowest BCUT2D eigenvalue weighted by Crippen LogP contribution is -2.54. The molecular formula is C30H44O5. The van der Waals surface area contributed by atoms with Crippen LogP contribution in [0.15, 0.2) is 34.9 Å². The summed E-state index contributed by atoms with van der Waals surface area (Å²) >= 11 is 0. The normalized spacial score (nSPS) is 42.3. The van der Waals surface area contributed by atoms with Crippen molar-refractivity contribution in [2.75, 3.05) is 0 Å². The molecule has 2 fully saturated rings. The molecule has 4 aliphatic rings. The second kappa shape index (κ2) is 8.41. The highest BCUT2D eigenvalue weighted by atomic mass is 16.4. The van der Waals surface area contributed by atoms with Gasteiger partial charge < -0.3 is 15.3 Å². The van der Waals surface area contributed by atoms with E-state index >= 15 is 0 Å². The maximum absolute atomic E-state index is 12.8. The number of Topliss-reactive ketones (excluding diaryl/α,β-unsaturated/α-hetero) is 1. The van der Waals surface area contributed by atoms with Crippen molar-refractivity contribution < 1.29 is 24.9 Å². The number of hydrogen-bond donors (Lipinski definition) is 3. The molecule has 0 unspecified atom stereocenters. The molecule has 194 valence electrons. The molecule has 5 nitrogen and oxygen atoms in total. The Bertz CT molecular complexity index is 1020. The number of fused-ring (bicyclic) bond motifs is 5. The fraction of sp³-hybridized carbons (Fsp3) is 0.733. The van der Waals surface area contributed by atoms with E-state index < -0.39 is 23.6 Å². The van der Waals surface area contributed by atoms with Crippen LogP contribution >= 0.6 is 0 Å². The molecule has 4 aliphatic carbocycles. The number of allylic oxidation sites excluding steroid dienone is 3. The van der Waals surface area contributed by atoms with Crippen LogP contribution in [0.1, 0.15) is 87.0 Å². The molecule has 0 aromatic carbocycles. The van der Waals surface area contributed by atoms with E-state index in [1.807, 2.05) is 0 Å². The summed E-state index contributed by atoms with van der Waals surface area (Å²) in [5.74, 6) is -0.0554. The Kier molecular flexibility index (Phi) is 6.33. The summed E-state index contributed by atoms with van der Waals surface area (Å²) in [6, 6.07) is 0. The van der Waals surface area contributed by atoms with Gasteiger partial charge in [0.25, 0.3) is 0 Å². The summed E-state index contributed by atoms with van der Waals surface area (Å²) in [5.41, 5.74) is 1.80. The van der Waals surface area contributed by atoms with Gasteiger partial charge in [-0.25, -0.2) is 4.79 Å². The fourth-order valence-corrected chi connectivity index (χ4v) is 8.73. The Balaban J connectivity index is 1.68. The predicted molar refractivity (Wildman–Crippen MR) is 137 cm³/mol. The van der Waals surface area contributed by atoms with E-state index in [0.717, 1.165) is 19.3 Å². The van der Waals surface area contributed by atoms with Gasteiger partial charge in [-0.05, 0) is 84.8 Å². The molecule has 5 heteroatoms. The molecule has 8 atom stereocenters. The highest BCUT2D eigenvalue weighted by Crippen LogP contribution is 2.71. The Labute approximate surface area is 210 Å². The molecule has 0 saturated heterocycles. The molecule has 0 heterocycles. The quantitative estimate of drug-likeness (QED) is 0.450. The summed E-state index contributed by atoms with van der Waals surface area (Å²) in [6.07, 6.45) is 9.22. The smallest absolute Gasteiger partial charge is 0.331 e. The number of hydrogen-bond acceptors (Lipinski definition) is 4. The highest BCUT2D eigenvalue weighted by molar-refractivity contribution is 5.86. The van der Waals surface area contributed by atoms with Crippen LogP contribution in [0.5, 0.6) is 0 Å². The lowest BCUT2D eigenvalue weighted by molar-refractivity contribution is -0.138. The second-order valence-corrected chi connectivity index (χ2v) is 13.2. The van der Waals surface area contributed by atoms with E-state index in [-0.39, 0.29) is 39.6 Å². The summed E-state index contributed by atoms with van der Waals surface area (Å²) in [7, 11) is 0. The maximum atomic E-state index is 12.8. The van der Waals surface area contributed by atoms with Crippen molar-refractivity contribution >= 4 is 11.8 Å². The third-order valence-electron chi connectivity index (χ3n) is 11.2. The van der Waals surface area contributed by atoms with Crippen LogP contribution in [0, 0.1) is 39.4 Å². The summed E-state index contributed by atoms with van der Waals surface area (Å²) in [6.45, 7) is 14.7. The molecule has 35 heavy (non-hydrogen) atoms. The SMILES string of the molecule is C/C(=C/[C@@H](O)C[C@@H](C)[C@H]1C[C@H](O)[C@@]2(C)C3=CC[C@@H]4C(C)(C)C(=O)CC[C@]4(C)C3=CC[C@]12C)C(=O)O. The number of carbonyl (C=O) groups excluding carboxylic acids is 1. The molecule has 0 spiro atoms. The minimum absolute atomic E-state index is 0.0649. The number of aliphatic carboxylic acids is 1. The number of carboxylic acid groups (broad SMARTS) is 1. The minimum atomic E-state index is -1.01. The average molecular weight is 485 g/mol. The zero-order chi connectivity index (χ0) is 26.1. The van der Waals surface area contributed by atoms with E-state index in [1.165, 1.54) is 24.1 Å². The van der Waals surface area contributed by atoms with E-state index in [0.29, 0.717) is 25.0 Å². The van der Waals surface area contributed by atoms with Crippen molar-refractivity contribution in [3.8, 4) is 0 Å². The van der Waals surface area contributed by atoms with Crippen molar-refractivity contribution in [2.45, 2.75) is 99.2 Å². The molecule has 2 saturated carbocycles. The average Bonchev–Trinajstić information content (AvgIpc) is 2.98. The summed E-state index contributed by atoms with van der Waals surface area (Å²) in [4.78, 5) is 24.0. The van der Waals surface area contributed by atoms with Gasteiger partial charge in [-0.2, -0.15) is 0 Å². The molecule has 3 N–H and O–H groups in total. The number of aliphatic hydroxyl groups excluding tert-OH is 2. The Morgan fingerprint density at radius 3 is 2.46 bits per heavy atom. The number of ketones is 1. The third-order valence-corrected chi connectivity index (χ3v) is 11.2. The van der Waals surface area contributed by atoms with Crippen molar-refractivity contribution in [2.24, 2.45) is 39.4 Å². The second-order valence-electron chi connectivity index (χ2n) is 13.2.